The van der Waals surface area contributed by atoms with Crippen LogP contribution in [0.3, 0.4) is 0 Å². The molecule has 3 N–H and O–H groups in total. The summed E-state index contributed by atoms with van der Waals surface area (Å²) in [7, 11) is -4.04. The molecule has 4 rings (SSSR count). The Bertz CT molecular complexity index is 1710. The second-order valence-electron chi connectivity index (χ2n) is 8.49. The third-order valence-corrected chi connectivity index (χ3v) is 6.63. The lowest BCUT2D eigenvalue weighted by Crippen LogP contribution is -2.26. The van der Waals surface area contributed by atoms with Gasteiger partial charge in [0, 0.05) is 11.6 Å². The van der Waals surface area contributed by atoms with Gasteiger partial charge in [-0.3, -0.25) is 14.1 Å². The van der Waals surface area contributed by atoms with Crippen LogP contribution in [-0.4, -0.2) is 27.9 Å². The summed E-state index contributed by atoms with van der Waals surface area (Å²) in [6.45, 7) is 5.36. The van der Waals surface area contributed by atoms with Gasteiger partial charge < -0.3 is 5.73 Å². The molecule has 2 aromatic heterocycles. The van der Waals surface area contributed by atoms with Crippen molar-refractivity contribution >= 4 is 32.8 Å². The zero-order chi connectivity index (χ0) is 26.2. The first kappa shape index (κ1) is 24.7. The van der Waals surface area contributed by atoms with Gasteiger partial charge in [-0.2, -0.15) is 10.2 Å². The van der Waals surface area contributed by atoms with Crippen LogP contribution in [0.4, 0.5) is 16.0 Å². The van der Waals surface area contributed by atoms with Crippen molar-refractivity contribution in [2.45, 2.75) is 32.6 Å². The molecule has 0 unspecified atom stereocenters. The SMILES string of the molecule is Cc1ccc(CS(=O)(=O)Nc2ccc(-c3nc4cnc(N)nc4n(C(C)C)c3=O)cc2F)c(C#N)c1. The van der Waals surface area contributed by atoms with Gasteiger partial charge in [0.05, 0.1) is 29.3 Å². The molecular formula is C24H22FN7O3S. The summed E-state index contributed by atoms with van der Waals surface area (Å²) in [6, 6.07) is 10.1. The lowest BCUT2D eigenvalue weighted by atomic mass is 10.1. The quantitative estimate of drug-likeness (QED) is 0.403. The normalized spacial score (nSPS) is 11.6. The number of sulfonamides is 1. The molecule has 12 heteroatoms. The number of fused-ring (bicyclic) bond motifs is 1. The number of aromatic nitrogens is 4. The van der Waals surface area contributed by atoms with E-state index in [9.17, 15) is 18.5 Å². The van der Waals surface area contributed by atoms with Crippen LogP contribution < -0.4 is 16.0 Å². The largest absolute Gasteiger partial charge is 0.368 e. The molecule has 2 heterocycles. The van der Waals surface area contributed by atoms with Crippen LogP contribution in [0.25, 0.3) is 22.4 Å². The molecule has 0 atom stereocenters. The van der Waals surface area contributed by atoms with Crippen molar-refractivity contribution in [1.82, 2.24) is 19.5 Å². The second kappa shape index (κ2) is 9.35. The Morgan fingerprint density at radius 2 is 1.94 bits per heavy atom. The zero-order valence-electron chi connectivity index (χ0n) is 19.7. The first-order chi connectivity index (χ1) is 17.0. The molecule has 2 aromatic carbocycles. The van der Waals surface area contributed by atoms with Gasteiger partial charge in [0.25, 0.3) is 5.56 Å². The third-order valence-electron chi connectivity index (χ3n) is 5.41. The van der Waals surface area contributed by atoms with Gasteiger partial charge in [-0.1, -0.05) is 18.2 Å². The molecule has 0 aliphatic heterocycles. The number of hydrogen-bond donors (Lipinski definition) is 2. The summed E-state index contributed by atoms with van der Waals surface area (Å²) in [5.41, 5.74) is 6.85. The van der Waals surface area contributed by atoms with E-state index in [-0.39, 0.29) is 40.1 Å². The van der Waals surface area contributed by atoms with E-state index in [1.807, 2.05) is 6.07 Å². The van der Waals surface area contributed by atoms with E-state index in [2.05, 4.69) is 19.7 Å². The van der Waals surface area contributed by atoms with Crippen molar-refractivity contribution in [2.75, 3.05) is 10.5 Å². The summed E-state index contributed by atoms with van der Waals surface area (Å²) in [6.07, 6.45) is 1.37. The van der Waals surface area contributed by atoms with Crippen LogP contribution in [0.1, 0.15) is 36.6 Å². The van der Waals surface area contributed by atoms with Crippen molar-refractivity contribution in [1.29, 1.82) is 5.26 Å². The Hall–Kier alpha value is -4.37. The number of nitriles is 1. The first-order valence-electron chi connectivity index (χ1n) is 10.8. The molecule has 4 aromatic rings. The van der Waals surface area contributed by atoms with Gasteiger partial charge in [-0.05, 0) is 50.1 Å². The smallest absolute Gasteiger partial charge is 0.278 e. The van der Waals surface area contributed by atoms with E-state index in [1.54, 1.807) is 39.0 Å². The van der Waals surface area contributed by atoms with Gasteiger partial charge >= 0.3 is 0 Å². The molecule has 0 aliphatic rings. The molecule has 0 amide bonds. The maximum Gasteiger partial charge on any atom is 0.278 e. The Balaban J connectivity index is 1.70. The van der Waals surface area contributed by atoms with Crippen LogP contribution in [0.5, 0.6) is 0 Å². The molecule has 36 heavy (non-hydrogen) atoms. The number of nitrogens with zero attached hydrogens (tertiary/aromatic N) is 5. The molecular weight excluding hydrogens is 485 g/mol. The third kappa shape index (κ3) is 4.87. The number of rotatable bonds is 6. The minimum Gasteiger partial charge on any atom is -0.368 e. The van der Waals surface area contributed by atoms with Crippen LogP contribution in [0.15, 0.2) is 47.4 Å². The van der Waals surface area contributed by atoms with Crippen LogP contribution in [-0.2, 0) is 15.8 Å². The number of nitrogens with two attached hydrogens (primary N) is 1. The predicted molar refractivity (Wildman–Crippen MR) is 134 cm³/mol. The van der Waals surface area contributed by atoms with Gasteiger partial charge in [-0.15, -0.1) is 0 Å². The van der Waals surface area contributed by atoms with E-state index < -0.39 is 27.2 Å². The van der Waals surface area contributed by atoms with Crippen molar-refractivity contribution in [2.24, 2.45) is 0 Å². The molecule has 0 saturated carbocycles. The number of hydrogen-bond acceptors (Lipinski definition) is 8. The Morgan fingerprint density at radius 3 is 2.61 bits per heavy atom. The fraction of sp³-hybridized carbons (Fsp3) is 0.208. The molecule has 184 valence electrons. The highest BCUT2D eigenvalue weighted by Gasteiger charge is 2.20. The first-order valence-corrected chi connectivity index (χ1v) is 12.5. The van der Waals surface area contributed by atoms with Crippen LogP contribution >= 0.6 is 0 Å². The minimum atomic E-state index is -4.04. The van der Waals surface area contributed by atoms with Crippen molar-refractivity contribution in [3.05, 3.63) is 75.5 Å². The number of aryl methyl sites for hydroxylation is 1. The summed E-state index contributed by atoms with van der Waals surface area (Å²) in [5, 5.41) is 9.30. The number of benzene rings is 2. The van der Waals surface area contributed by atoms with E-state index in [0.29, 0.717) is 11.1 Å². The highest BCUT2D eigenvalue weighted by molar-refractivity contribution is 7.91. The van der Waals surface area contributed by atoms with Gasteiger partial charge in [0.2, 0.25) is 16.0 Å². The summed E-state index contributed by atoms with van der Waals surface area (Å²) in [4.78, 5) is 25.5. The van der Waals surface area contributed by atoms with Crippen LogP contribution in [0, 0.1) is 24.1 Å². The number of anilines is 2. The topological polar surface area (TPSA) is 157 Å². The van der Waals surface area contributed by atoms with Gasteiger partial charge in [0.1, 0.15) is 17.0 Å². The second-order valence-corrected chi connectivity index (χ2v) is 10.2. The van der Waals surface area contributed by atoms with Crippen molar-refractivity contribution < 1.29 is 12.8 Å². The Kier molecular flexibility index (Phi) is 6.43. The molecule has 0 saturated heterocycles. The molecule has 0 bridgehead atoms. The van der Waals surface area contributed by atoms with E-state index >= 15 is 4.39 Å². The highest BCUT2D eigenvalue weighted by atomic mass is 32.2. The number of nitrogens with one attached hydrogen (secondary N) is 1. The average molecular weight is 508 g/mol. The molecule has 10 nitrogen and oxygen atoms in total. The fourth-order valence-corrected chi connectivity index (χ4v) is 4.99. The number of nitrogen functional groups attached to an aromatic ring is 1. The van der Waals surface area contributed by atoms with Crippen molar-refractivity contribution in [3.63, 3.8) is 0 Å². The Morgan fingerprint density at radius 1 is 1.19 bits per heavy atom. The maximum atomic E-state index is 15.0. The Labute approximate surface area is 206 Å². The van der Waals surface area contributed by atoms with Crippen LogP contribution in [0.2, 0.25) is 0 Å². The van der Waals surface area contributed by atoms with E-state index in [0.717, 1.165) is 11.6 Å². The maximum absolute atomic E-state index is 15.0. The summed E-state index contributed by atoms with van der Waals surface area (Å²) in [5.74, 6) is -1.42. The minimum absolute atomic E-state index is 0.0129. The van der Waals surface area contributed by atoms with Gasteiger partial charge in [0.15, 0.2) is 5.65 Å². The van der Waals surface area contributed by atoms with E-state index in [1.165, 1.54) is 22.9 Å². The standard InChI is InChI=1S/C24H22FN7O3S/c1-13(2)32-22-20(11-28-24(27)30-22)29-21(23(32)33)15-6-7-19(18(25)9-15)31-36(34,35)12-16-5-4-14(3)8-17(16)10-26/h4-9,11,13,31H,12H2,1-3H3,(H2,27,28,30). The average Bonchev–Trinajstić information content (AvgIpc) is 2.80. The summed E-state index contributed by atoms with van der Waals surface area (Å²) < 4.78 is 44.0. The molecule has 0 aliphatic carbocycles. The van der Waals surface area contributed by atoms with Gasteiger partial charge in [-0.25, -0.2) is 22.8 Å². The number of halogens is 1. The molecule has 0 radical (unpaired) electrons. The monoisotopic (exact) mass is 507 g/mol. The molecule has 0 spiro atoms. The molecule has 0 fully saturated rings. The lowest BCUT2D eigenvalue weighted by molar-refractivity contribution is 0.593. The fourth-order valence-electron chi connectivity index (χ4n) is 3.76. The summed E-state index contributed by atoms with van der Waals surface area (Å²) >= 11 is 0. The highest BCUT2D eigenvalue weighted by Crippen LogP contribution is 2.25. The van der Waals surface area contributed by atoms with Crippen molar-refractivity contribution in [3.8, 4) is 17.3 Å². The zero-order valence-corrected chi connectivity index (χ0v) is 20.5. The lowest BCUT2D eigenvalue weighted by Gasteiger charge is -2.15. The van der Waals surface area contributed by atoms with E-state index in [4.69, 9.17) is 5.73 Å². The predicted octanol–water partition coefficient (Wildman–Crippen LogP) is 3.28.